The first-order valence-corrected chi connectivity index (χ1v) is 5.63. The molecule has 1 rings (SSSR count). The van der Waals surface area contributed by atoms with Crippen molar-refractivity contribution in [3.8, 4) is 0 Å². The van der Waals surface area contributed by atoms with Crippen LogP contribution in [0.5, 0.6) is 0 Å². The SMILES string of the molecule is CC(C)(C)OC(=O)NCCNC(=O)C1CC1. The van der Waals surface area contributed by atoms with E-state index in [-0.39, 0.29) is 11.8 Å². The van der Waals surface area contributed by atoms with Gasteiger partial charge in [0.15, 0.2) is 0 Å². The minimum atomic E-state index is -0.485. The average molecular weight is 228 g/mol. The van der Waals surface area contributed by atoms with Crippen molar-refractivity contribution in [3.63, 3.8) is 0 Å². The Morgan fingerprint density at radius 2 is 1.75 bits per heavy atom. The highest BCUT2D eigenvalue weighted by Crippen LogP contribution is 2.28. The molecule has 0 spiro atoms. The lowest BCUT2D eigenvalue weighted by atomic mass is 10.2. The Hall–Kier alpha value is -1.26. The highest BCUT2D eigenvalue weighted by atomic mass is 16.6. The van der Waals surface area contributed by atoms with Crippen LogP contribution in [0, 0.1) is 5.92 Å². The third-order valence-corrected chi connectivity index (χ3v) is 2.04. The molecular weight excluding hydrogens is 208 g/mol. The van der Waals surface area contributed by atoms with E-state index in [0.717, 1.165) is 12.8 Å². The van der Waals surface area contributed by atoms with Crippen molar-refractivity contribution in [2.24, 2.45) is 5.92 Å². The van der Waals surface area contributed by atoms with E-state index in [1.165, 1.54) is 0 Å². The standard InChI is InChI=1S/C11H20N2O3/c1-11(2,3)16-10(15)13-7-6-12-9(14)8-4-5-8/h8H,4-7H2,1-3H3,(H,12,14)(H,13,15). The van der Waals surface area contributed by atoms with Crippen LogP contribution in [0.4, 0.5) is 4.79 Å². The summed E-state index contributed by atoms with van der Waals surface area (Å²) in [7, 11) is 0. The number of hydrogen-bond donors (Lipinski definition) is 2. The van der Waals surface area contributed by atoms with Gasteiger partial charge in [0, 0.05) is 19.0 Å². The molecule has 0 aromatic rings. The number of amides is 2. The summed E-state index contributed by atoms with van der Waals surface area (Å²) in [6.45, 7) is 6.27. The molecule has 5 nitrogen and oxygen atoms in total. The lowest BCUT2D eigenvalue weighted by Crippen LogP contribution is -2.38. The molecule has 0 saturated heterocycles. The van der Waals surface area contributed by atoms with Crippen LogP contribution < -0.4 is 10.6 Å². The van der Waals surface area contributed by atoms with E-state index in [9.17, 15) is 9.59 Å². The van der Waals surface area contributed by atoms with E-state index in [1.807, 2.05) is 0 Å². The fraction of sp³-hybridized carbons (Fsp3) is 0.818. The molecule has 0 aromatic heterocycles. The lowest BCUT2D eigenvalue weighted by Gasteiger charge is -2.19. The number of alkyl carbamates (subject to hydrolysis) is 1. The smallest absolute Gasteiger partial charge is 0.407 e. The molecule has 0 atom stereocenters. The highest BCUT2D eigenvalue weighted by Gasteiger charge is 2.29. The number of nitrogens with one attached hydrogen (secondary N) is 2. The maximum atomic E-state index is 11.2. The maximum Gasteiger partial charge on any atom is 0.407 e. The Balaban J connectivity index is 2.02. The van der Waals surface area contributed by atoms with Crippen molar-refractivity contribution in [1.29, 1.82) is 0 Å². The summed E-state index contributed by atoms with van der Waals surface area (Å²) in [4.78, 5) is 22.4. The van der Waals surface area contributed by atoms with Crippen LogP contribution in [-0.4, -0.2) is 30.7 Å². The zero-order valence-corrected chi connectivity index (χ0v) is 10.1. The van der Waals surface area contributed by atoms with Crippen molar-refractivity contribution in [3.05, 3.63) is 0 Å². The molecule has 1 saturated carbocycles. The molecule has 1 fully saturated rings. The molecule has 2 amide bonds. The molecule has 5 heteroatoms. The summed E-state index contributed by atoms with van der Waals surface area (Å²) in [6, 6.07) is 0. The van der Waals surface area contributed by atoms with Crippen LogP contribution >= 0.6 is 0 Å². The monoisotopic (exact) mass is 228 g/mol. The lowest BCUT2D eigenvalue weighted by molar-refractivity contribution is -0.122. The van der Waals surface area contributed by atoms with Crippen LogP contribution in [0.3, 0.4) is 0 Å². The Morgan fingerprint density at radius 1 is 1.19 bits per heavy atom. The third kappa shape index (κ3) is 5.58. The topological polar surface area (TPSA) is 67.4 Å². The summed E-state index contributed by atoms with van der Waals surface area (Å²) in [5.41, 5.74) is -0.485. The number of ether oxygens (including phenoxy) is 1. The first-order chi connectivity index (χ1) is 7.38. The minimum absolute atomic E-state index is 0.0889. The average Bonchev–Trinajstić information content (AvgIpc) is 2.91. The van der Waals surface area contributed by atoms with Gasteiger partial charge in [-0.05, 0) is 33.6 Å². The van der Waals surface area contributed by atoms with E-state index >= 15 is 0 Å². The number of carbonyl (C=O) groups is 2. The fourth-order valence-corrected chi connectivity index (χ4v) is 1.15. The van der Waals surface area contributed by atoms with Gasteiger partial charge in [0.05, 0.1) is 0 Å². The second-order valence-electron chi connectivity index (χ2n) is 4.99. The zero-order valence-electron chi connectivity index (χ0n) is 10.1. The van der Waals surface area contributed by atoms with Gasteiger partial charge >= 0.3 is 6.09 Å². The fourth-order valence-electron chi connectivity index (χ4n) is 1.15. The van der Waals surface area contributed by atoms with Crippen LogP contribution in [0.2, 0.25) is 0 Å². The van der Waals surface area contributed by atoms with E-state index in [0.29, 0.717) is 13.1 Å². The van der Waals surface area contributed by atoms with E-state index < -0.39 is 11.7 Å². The molecule has 0 heterocycles. The van der Waals surface area contributed by atoms with Crippen LogP contribution in [0.15, 0.2) is 0 Å². The summed E-state index contributed by atoms with van der Waals surface area (Å²) in [6.07, 6.45) is 1.53. The molecule has 0 aliphatic heterocycles. The Kier molecular flexibility index (Phi) is 4.15. The maximum absolute atomic E-state index is 11.2. The minimum Gasteiger partial charge on any atom is -0.444 e. The van der Waals surface area contributed by atoms with Crippen LogP contribution in [0.1, 0.15) is 33.6 Å². The van der Waals surface area contributed by atoms with Crippen molar-refractivity contribution in [2.45, 2.75) is 39.2 Å². The van der Waals surface area contributed by atoms with Crippen molar-refractivity contribution < 1.29 is 14.3 Å². The molecule has 0 aromatic carbocycles. The molecule has 1 aliphatic carbocycles. The van der Waals surface area contributed by atoms with E-state index in [2.05, 4.69) is 10.6 Å². The predicted octanol–water partition coefficient (Wildman–Crippen LogP) is 1.04. The molecule has 16 heavy (non-hydrogen) atoms. The van der Waals surface area contributed by atoms with Gasteiger partial charge in [-0.1, -0.05) is 0 Å². The van der Waals surface area contributed by atoms with Crippen molar-refractivity contribution in [2.75, 3.05) is 13.1 Å². The zero-order chi connectivity index (χ0) is 12.2. The van der Waals surface area contributed by atoms with Gasteiger partial charge in [-0.2, -0.15) is 0 Å². The van der Waals surface area contributed by atoms with Gasteiger partial charge < -0.3 is 15.4 Å². The molecule has 1 aliphatic rings. The van der Waals surface area contributed by atoms with Crippen molar-refractivity contribution >= 4 is 12.0 Å². The summed E-state index contributed by atoms with van der Waals surface area (Å²) in [5, 5.41) is 5.33. The van der Waals surface area contributed by atoms with Gasteiger partial charge in [0.2, 0.25) is 5.91 Å². The van der Waals surface area contributed by atoms with Gasteiger partial charge in [-0.3, -0.25) is 4.79 Å². The van der Waals surface area contributed by atoms with E-state index in [4.69, 9.17) is 4.74 Å². The first kappa shape index (κ1) is 12.8. The van der Waals surface area contributed by atoms with Crippen LogP contribution in [-0.2, 0) is 9.53 Å². The van der Waals surface area contributed by atoms with Gasteiger partial charge in [0.25, 0.3) is 0 Å². The second-order valence-corrected chi connectivity index (χ2v) is 4.99. The molecular formula is C11H20N2O3. The summed E-state index contributed by atoms with van der Waals surface area (Å²) < 4.78 is 5.04. The summed E-state index contributed by atoms with van der Waals surface area (Å²) >= 11 is 0. The third-order valence-electron chi connectivity index (χ3n) is 2.04. The molecule has 0 unspecified atom stereocenters. The van der Waals surface area contributed by atoms with Crippen molar-refractivity contribution in [1.82, 2.24) is 10.6 Å². The predicted molar refractivity (Wildman–Crippen MR) is 60.0 cm³/mol. The normalized spacial score (nSPS) is 15.4. The van der Waals surface area contributed by atoms with Gasteiger partial charge in [0.1, 0.15) is 5.60 Å². The molecule has 2 N–H and O–H groups in total. The highest BCUT2D eigenvalue weighted by molar-refractivity contribution is 5.80. The Labute approximate surface area is 95.9 Å². The number of carbonyl (C=O) groups excluding carboxylic acids is 2. The summed E-state index contributed by atoms with van der Waals surface area (Å²) in [5.74, 6) is 0.299. The Morgan fingerprint density at radius 3 is 2.25 bits per heavy atom. The van der Waals surface area contributed by atoms with Crippen LogP contribution in [0.25, 0.3) is 0 Å². The van der Waals surface area contributed by atoms with Gasteiger partial charge in [-0.25, -0.2) is 4.79 Å². The molecule has 0 bridgehead atoms. The first-order valence-electron chi connectivity index (χ1n) is 5.63. The molecule has 92 valence electrons. The number of rotatable bonds is 4. The number of hydrogen-bond acceptors (Lipinski definition) is 3. The van der Waals surface area contributed by atoms with Gasteiger partial charge in [-0.15, -0.1) is 0 Å². The quantitative estimate of drug-likeness (QED) is 0.706. The Bertz CT molecular complexity index is 267. The second kappa shape index (κ2) is 5.18. The molecule has 0 radical (unpaired) electrons. The van der Waals surface area contributed by atoms with E-state index in [1.54, 1.807) is 20.8 Å². The largest absolute Gasteiger partial charge is 0.444 e.